The van der Waals surface area contributed by atoms with Crippen LogP contribution in [0, 0.1) is 6.92 Å². The molecule has 0 aromatic carbocycles. The zero-order chi connectivity index (χ0) is 11.4. The molecular formula is C11H16N2O2. The monoisotopic (exact) mass is 208 g/mol. The maximum absolute atomic E-state index is 11.5. The summed E-state index contributed by atoms with van der Waals surface area (Å²) in [7, 11) is 0. The molecule has 0 unspecified atom stereocenters. The predicted molar refractivity (Wildman–Crippen MR) is 58.4 cm³/mol. The quantitative estimate of drug-likeness (QED) is 0.767. The fourth-order valence-corrected chi connectivity index (χ4v) is 1.44. The molecule has 1 aromatic heterocycles. The van der Waals surface area contributed by atoms with Crippen LogP contribution in [-0.2, 0) is 9.53 Å². The van der Waals surface area contributed by atoms with Gasteiger partial charge in [-0.3, -0.25) is 4.79 Å². The summed E-state index contributed by atoms with van der Waals surface area (Å²) < 4.78 is 4.95. The molecule has 0 amide bonds. The molecule has 0 aliphatic carbocycles. The number of esters is 1. The molecule has 0 aliphatic rings. The van der Waals surface area contributed by atoms with E-state index in [-0.39, 0.29) is 11.9 Å². The summed E-state index contributed by atoms with van der Waals surface area (Å²) >= 11 is 0. The number of aryl methyl sites for hydroxylation is 1. The lowest BCUT2D eigenvalue weighted by Crippen LogP contribution is -2.14. The first-order valence-electron chi connectivity index (χ1n) is 4.96. The van der Waals surface area contributed by atoms with E-state index in [1.165, 1.54) is 0 Å². The molecule has 0 aliphatic heterocycles. The van der Waals surface area contributed by atoms with Crippen LogP contribution in [0.1, 0.15) is 31.0 Å². The van der Waals surface area contributed by atoms with Gasteiger partial charge in [0.05, 0.1) is 12.5 Å². The van der Waals surface area contributed by atoms with Crippen LogP contribution in [0.5, 0.6) is 0 Å². The van der Waals surface area contributed by atoms with Crippen molar-refractivity contribution in [3.63, 3.8) is 0 Å². The highest BCUT2D eigenvalue weighted by atomic mass is 16.5. The number of hydrogen-bond donors (Lipinski definition) is 1. The van der Waals surface area contributed by atoms with Gasteiger partial charge < -0.3 is 10.5 Å². The summed E-state index contributed by atoms with van der Waals surface area (Å²) in [6, 6.07) is 3.51. The van der Waals surface area contributed by atoms with E-state index in [9.17, 15) is 4.79 Å². The summed E-state index contributed by atoms with van der Waals surface area (Å²) in [5, 5.41) is 0. The minimum atomic E-state index is -0.293. The summed E-state index contributed by atoms with van der Waals surface area (Å²) in [4.78, 5) is 15.6. The van der Waals surface area contributed by atoms with E-state index in [1.54, 1.807) is 19.9 Å². The lowest BCUT2D eigenvalue weighted by atomic mass is 10.0. The van der Waals surface area contributed by atoms with E-state index >= 15 is 0 Å². The Kier molecular flexibility index (Phi) is 3.66. The average Bonchev–Trinajstić information content (AvgIpc) is 2.17. The molecule has 15 heavy (non-hydrogen) atoms. The van der Waals surface area contributed by atoms with Crippen molar-refractivity contribution in [3.05, 3.63) is 23.4 Å². The van der Waals surface area contributed by atoms with Gasteiger partial charge in [-0.15, -0.1) is 0 Å². The van der Waals surface area contributed by atoms with Crippen LogP contribution in [0.2, 0.25) is 0 Å². The number of rotatable bonds is 3. The topological polar surface area (TPSA) is 65.2 Å². The van der Waals surface area contributed by atoms with Gasteiger partial charge in [-0.25, -0.2) is 4.98 Å². The van der Waals surface area contributed by atoms with Crippen LogP contribution < -0.4 is 5.73 Å². The fraction of sp³-hybridized carbons (Fsp3) is 0.455. The highest BCUT2D eigenvalue weighted by Crippen LogP contribution is 2.20. The third-order valence-corrected chi connectivity index (χ3v) is 2.25. The number of anilines is 1. The Morgan fingerprint density at radius 2 is 2.27 bits per heavy atom. The van der Waals surface area contributed by atoms with E-state index in [1.807, 2.05) is 13.0 Å². The van der Waals surface area contributed by atoms with E-state index in [4.69, 9.17) is 10.5 Å². The van der Waals surface area contributed by atoms with Gasteiger partial charge in [-0.1, -0.05) is 6.07 Å². The van der Waals surface area contributed by atoms with Gasteiger partial charge in [0, 0.05) is 5.69 Å². The van der Waals surface area contributed by atoms with Crippen LogP contribution in [0.3, 0.4) is 0 Å². The minimum Gasteiger partial charge on any atom is -0.466 e. The zero-order valence-electron chi connectivity index (χ0n) is 9.28. The first kappa shape index (κ1) is 11.5. The number of carbonyl (C=O) groups excluding carboxylic acids is 1. The summed E-state index contributed by atoms with van der Waals surface area (Å²) in [5.41, 5.74) is 7.17. The minimum absolute atomic E-state index is 0.229. The van der Waals surface area contributed by atoms with Crippen molar-refractivity contribution in [2.75, 3.05) is 12.3 Å². The maximum Gasteiger partial charge on any atom is 0.313 e. The third kappa shape index (κ3) is 2.68. The number of nitrogens with two attached hydrogens (primary N) is 1. The highest BCUT2D eigenvalue weighted by Gasteiger charge is 2.18. The Morgan fingerprint density at radius 1 is 1.60 bits per heavy atom. The summed E-state index contributed by atoms with van der Waals surface area (Å²) in [6.07, 6.45) is 0. The summed E-state index contributed by atoms with van der Waals surface area (Å²) in [6.45, 7) is 5.82. The van der Waals surface area contributed by atoms with Crippen molar-refractivity contribution in [1.29, 1.82) is 0 Å². The van der Waals surface area contributed by atoms with Crippen molar-refractivity contribution in [2.24, 2.45) is 0 Å². The van der Waals surface area contributed by atoms with Gasteiger partial charge in [0.2, 0.25) is 0 Å². The molecule has 4 nitrogen and oxygen atoms in total. The van der Waals surface area contributed by atoms with Gasteiger partial charge in [0.15, 0.2) is 0 Å². The Morgan fingerprint density at radius 3 is 2.80 bits per heavy atom. The molecule has 0 radical (unpaired) electrons. The van der Waals surface area contributed by atoms with E-state index < -0.39 is 0 Å². The average molecular weight is 208 g/mol. The van der Waals surface area contributed by atoms with Gasteiger partial charge in [-0.2, -0.15) is 0 Å². The van der Waals surface area contributed by atoms with Crippen LogP contribution in [0.15, 0.2) is 12.1 Å². The number of pyridine rings is 1. The molecule has 0 saturated heterocycles. The molecule has 0 spiro atoms. The predicted octanol–water partition coefficient (Wildman–Crippen LogP) is 1.64. The number of nitrogen functional groups attached to an aromatic ring is 1. The molecular weight excluding hydrogens is 192 g/mol. The molecule has 1 aromatic rings. The fourth-order valence-electron chi connectivity index (χ4n) is 1.44. The molecule has 82 valence electrons. The second kappa shape index (κ2) is 4.77. The molecule has 1 atom stereocenters. The van der Waals surface area contributed by atoms with Crippen molar-refractivity contribution < 1.29 is 9.53 Å². The second-order valence-electron chi connectivity index (χ2n) is 3.38. The van der Waals surface area contributed by atoms with Crippen LogP contribution in [0.4, 0.5) is 5.82 Å². The Labute approximate surface area is 89.5 Å². The lowest BCUT2D eigenvalue weighted by Gasteiger charge is -2.12. The van der Waals surface area contributed by atoms with Gasteiger partial charge in [0.1, 0.15) is 5.82 Å². The molecule has 0 bridgehead atoms. The molecule has 4 heteroatoms. The lowest BCUT2D eigenvalue weighted by molar-refractivity contribution is -0.144. The first-order chi connectivity index (χ1) is 7.06. The Bertz CT molecular complexity index is 364. The van der Waals surface area contributed by atoms with Gasteiger partial charge in [-0.05, 0) is 32.4 Å². The van der Waals surface area contributed by atoms with Crippen LogP contribution in [-0.4, -0.2) is 17.6 Å². The Hall–Kier alpha value is -1.58. The van der Waals surface area contributed by atoms with Crippen molar-refractivity contribution in [1.82, 2.24) is 4.98 Å². The van der Waals surface area contributed by atoms with Crippen molar-refractivity contribution >= 4 is 11.8 Å². The van der Waals surface area contributed by atoms with E-state index in [0.29, 0.717) is 12.4 Å². The van der Waals surface area contributed by atoms with Crippen molar-refractivity contribution in [2.45, 2.75) is 26.7 Å². The molecule has 1 rings (SSSR count). The van der Waals surface area contributed by atoms with Crippen LogP contribution in [0.25, 0.3) is 0 Å². The molecule has 0 fully saturated rings. The number of carbonyl (C=O) groups is 1. The number of hydrogen-bond acceptors (Lipinski definition) is 4. The van der Waals surface area contributed by atoms with E-state index in [2.05, 4.69) is 4.98 Å². The van der Waals surface area contributed by atoms with Crippen LogP contribution >= 0.6 is 0 Å². The largest absolute Gasteiger partial charge is 0.466 e. The number of nitrogens with zero attached hydrogens (tertiary/aromatic N) is 1. The maximum atomic E-state index is 11.5. The first-order valence-corrected chi connectivity index (χ1v) is 4.96. The molecule has 0 saturated carbocycles. The second-order valence-corrected chi connectivity index (χ2v) is 3.38. The number of aromatic nitrogens is 1. The third-order valence-electron chi connectivity index (χ3n) is 2.25. The standard InChI is InChI=1S/C11H16N2O2/c1-4-15-11(14)7(2)9-5-6-10(12)13-8(9)3/h5-7H,4H2,1-3H3,(H2,12,13)/t7-/m0/s1. The van der Waals surface area contributed by atoms with Gasteiger partial charge >= 0.3 is 5.97 Å². The summed E-state index contributed by atoms with van der Waals surface area (Å²) in [5.74, 6) is -0.0578. The Balaban J connectivity index is 2.91. The highest BCUT2D eigenvalue weighted by molar-refractivity contribution is 5.78. The van der Waals surface area contributed by atoms with E-state index in [0.717, 1.165) is 11.3 Å². The molecule has 2 N–H and O–H groups in total. The zero-order valence-corrected chi connectivity index (χ0v) is 9.28. The smallest absolute Gasteiger partial charge is 0.313 e. The SMILES string of the molecule is CCOC(=O)[C@@H](C)c1ccc(N)nc1C. The number of ether oxygens (including phenoxy) is 1. The van der Waals surface area contributed by atoms with Gasteiger partial charge in [0.25, 0.3) is 0 Å². The normalized spacial score (nSPS) is 12.2. The van der Waals surface area contributed by atoms with Crippen molar-refractivity contribution in [3.8, 4) is 0 Å². The molecule has 1 heterocycles.